The Labute approximate surface area is 307 Å². The maximum absolute atomic E-state index is 12.6. The van der Waals surface area contributed by atoms with Crippen molar-refractivity contribution in [3.8, 4) is 23.1 Å². The summed E-state index contributed by atoms with van der Waals surface area (Å²) in [5.74, 6) is 7.40. The molecule has 1 amide bonds. The van der Waals surface area contributed by atoms with Gasteiger partial charge in [-0.25, -0.2) is 18.2 Å². The Morgan fingerprint density at radius 1 is 1.02 bits per heavy atom. The van der Waals surface area contributed by atoms with Crippen molar-refractivity contribution in [1.29, 1.82) is 0 Å². The fraction of sp³-hybridized carbons (Fsp3) is 0.553. The number of β-amino-alcohol motifs (C(OH)–C–C–N with tert-alkyl or cyclic N) is 1. The van der Waals surface area contributed by atoms with Crippen molar-refractivity contribution in [3.63, 3.8) is 0 Å². The van der Waals surface area contributed by atoms with Crippen LogP contribution in [0.15, 0.2) is 42.6 Å². The van der Waals surface area contributed by atoms with E-state index in [1.165, 1.54) is 10.6 Å². The van der Waals surface area contributed by atoms with Gasteiger partial charge in [-0.15, -0.1) is 0 Å². The molecule has 11 nitrogen and oxygen atoms in total. The number of benzene rings is 1. The maximum atomic E-state index is 12.6. The average Bonchev–Trinajstić information content (AvgIpc) is 3.45. The molecule has 2 fully saturated rings. The second kappa shape index (κ2) is 15.6. The van der Waals surface area contributed by atoms with Gasteiger partial charge in [0.25, 0.3) is 0 Å². The van der Waals surface area contributed by atoms with E-state index >= 15 is 0 Å². The second-order valence-electron chi connectivity index (χ2n) is 15.1. The smallest absolute Gasteiger partial charge is 0.410 e. The SMILES string of the molecule is CC(C)(C)OC(=O)N1CCC(C2CCN(C[C@H](O)Cn3nc(-c4ccc(Cl)c(C#Cc5ccccn5)c4)c4c3CCN(S(C)(=O)=O)C4)CC2)CC1. The number of carbonyl (C=O) groups excluding carboxylic acids is 1. The first kappa shape index (κ1) is 37.3. The molecule has 51 heavy (non-hydrogen) atoms. The first-order valence-electron chi connectivity index (χ1n) is 17.9. The number of aliphatic hydroxyl groups is 1. The molecule has 5 heterocycles. The number of hydrogen-bond acceptors (Lipinski definition) is 8. The lowest BCUT2D eigenvalue weighted by atomic mass is 9.79. The van der Waals surface area contributed by atoms with Gasteiger partial charge >= 0.3 is 6.09 Å². The summed E-state index contributed by atoms with van der Waals surface area (Å²) in [4.78, 5) is 21.0. The number of sulfonamides is 1. The lowest BCUT2D eigenvalue weighted by Gasteiger charge is -2.40. The van der Waals surface area contributed by atoms with Crippen LogP contribution < -0.4 is 0 Å². The topological polar surface area (TPSA) is 121 Å². The summed E-state index contributed by atoms with van der Waals surface area (Å²) in [5.41, 5.74) is 3.99. The van der Waals surface area contributed by atoms with Gasteiger partial charge in [0.1, 0.15) is 11.3 Å². The summed E-state index contributed by atoms with van der Waals surface area (Å²) >= 11 is 6.54. The number of ether oxygens (including phenoxy) is 1. The van der Waals surface area contributed by atoms with Gasteiger partial charge in [-0.1, -0.05) is 29.7 Å². The minimum atomic E-state index is -3.41. The van der Waals surface area contributed by atoms with Crippen molar-refractivity contribution in [2.24, 2.45) is 11.8 Å². The van der Waals surface area contributed by atoms with Crippen molar-refractivity contribution in [2.75, 3.05) is 45.5 Å². The van der Waals surface area contributed by atoms with Crippen LogP contribution in [0.1, 0.15) is 69.0 Å². The van der Waals surface area contributed by atoms with Gasteiger partial charge in [-0.3, -0.25) is 4.68 Å². The minimum Gasteiger partial charge on any atom is -0.444 e. The zero-order chi connectivity index (χ0) is 36.3. The Balaban J connectivity index is 1.11. The van der Waals surface area contributed by atoms with Crippen molar-refractivity contribution in [3.05, 3.63) is 70.1 Å². The number of carbonyl (C=O) groups is 1. The molecule has 3 aliphatic heterocycles. The highest BCUT2D eigenvalue weighted by Crippen LogP contribution is 2.35. The highest BCUT2D eigenvalue weighted by atomic mass is 35.5. The van der Waals surface area contributed by atoms with Crippen LogP contribution in [0.25, 0.3) is 11.3 Å². The molecular formula is C38H49ClN6O5S. The molecule has 0 spiro atoms. The number of fused-ring (bicyclic) bond motifs is 1. The Morgan fingerprint density at radius 3 is 2.37 bits per heavy atom. The van der Waals surface area contributed by atoms with Crippen LogP contribution in [0, 0.1) is 23.7 Å². The quantitative estimate of drug-likeness (QED) is 0.336. The zero-order valence-electron chi connectivity index (χ0n) is 30.0. The number of hydrogen-bond donors (Lipinski definition) is 1. The van der Waals surface area contributed by atoms with Gasteiger partial charge < -0.3 is 19.6 Å². The first-order chi connectivity index (χ1) is 24.2. The molecule has 0 aliphatic carbocycles. The van der Waals surface area contributed by atoms with Gasteiger partial charge in [-0.2, -0.15) is 9.40 Å². The number of pyridine rings is 1. The van der Waals surface area contributed by atoms with E-state index in [4.69, 9.17) is 21.4 Å². The molecule has 0 saturated carbocycles. The van der Waals surface area contributed by atoms with Crippen LogP contribution >= 0.6 is 11.6 Å². The summed E-state index contributed by atoms with van der Waals surface area (Å²) in [5, 5.41) is 16.8. The molecule has 2 aromatic heterocycles. The van der Waals surface area contributed by atoms with E-state index in [9.17, 15) is 18.3 Å². The lowest BCUT2D eigenvalue weighted by Crippen LogP contribution is -2.45. The summed E-state index contributed by atoms with van der Waals surface area (Å²) in [7, 11) is -3.41. The number of aromatic nitrogens is 3. The fourth-order valence-electron chi connectivity index (χ4n) is 7.51. The van der Waals surface area contributed by atoms with E-state index in [1.807, 2.05) is 60.7 Å². The highest BCUT2D eigenvalue weighted by molar-refractivity contribution is 7.88. The second-order valence-corrected chi connectivity index (χ2v) is 17.4. The molecule has 6 rings (SSSR count). The van der Waals surface area contributed by atoms with Gasteiger partial charge in [-0.05, 0) is 102 Å². The summed E-state index contributed by atoms with van der Waals surface area (Å²) in [6.07, 6.45) is 6.72. The van der Waals surface area contributed by atoms with Crippen molar-refractivity contribution in [2.45, 2.75) is 77.7 Å². The van der Waals surface area contributed by atoms with Gasteiger partial charge in [0, 0.05) is 67.7 Å². The van der Waals surface area contributed by atoms with Gasteiger partial charge in [0.2, 0.25) is 10.0 Å². The van der Waals surface area contributed by atoms with Crippen LogP contribution in [0.2, 0.25) is 5.02 Å². The lowest BCUT2D eigenvalue weighted by molar-refractivity contribution is 0.0123. The number of amides is 1. The van der Waals surface area contributed by atoms with Crippen molar-refractivity contribution >= 4 is 27.7 Å². The average molecular weight is 737 g/mol. The third-order valence-electron chi connectivity index (χ3n) is 10.1. The Hall–Kier alpha value is -3.47. The van der Waals surface area contributed by atoms with E-state index in [0.717, 1.165) is 68.7 Å². The molecule has 0 unspecified atom stereocenters. The predicted molar refractivity (Wildman–Crippen MR) is 198 cm³/mol. The van der Waals surface area contributed by atoms with Crippen molar-refractivity contribution in [1.82, 2.24) is 28.9 Å². The molecular weight excluding hydrogens is 688 g/mol. The molecule has 2 saturated heterocycles. The number of likely N-dealkylation sites (tertiary alicyclic amines) is 2. The molecule has 0 bridgehead atoms. The van der Waals surface area contributed by atoms with Crippen LogP contribution in [0.3, 0.4) is 0 Å². The largest absolute Gasteiger partial charge is 0.444 e. The summed E-state index contributed by atoms with van der Waals surface area (Å²) in [6, 6.07) is 11.1. The monoisotopic (exact) mass is 736 g/mol. The molecule has 0 radical (unpaired) electrons. The molecule has 1 aromatic carbocycles. The standard InChI is InChI=1S/C38H49ClN6O5S/c1-38(2,3)50-37(47)43-20-14-28(15-21-43)27-12-18-42(19-13-27)24-32(46)25-45-35-16-22-44(51(4,48)49)26-33(35)36(41-45)30-9-11-34(39)29(23-30)8-10-31-7-5-6-17-40-31/h5-7,9,11,17,23,27-28,32,46H,12-16,18-22,24-26H2,1-4H3/t32-/m0/s1. The Morgan fingerprint density at radius 2 is 1.73 bits per heavy atom. The van der Waals surface area contributed by atoms with E-state index in [0.29, 0.717) is 59.9 Å². The van der Waals surface area contributed by atoms with Crippen LogP contribution in [0.4, 0.5) is 4.79 Å². The van der Waals surface area contributed by atoms with Crippen LogP contribution in [0.5, 0.6) is 0 Å². The Bertz CT molecular complexity index is 1870. The third kappa shape index (κ3) is 9.50. The molecule has 3 aliphatic rings. The summed E-state index contributed by atoms with van der Waals surface area (Å²) in [6.45, 7) is 10.4. The number of nitrogens with zero attached hydrogens (tertiary/aromatic N) is 6. The van der Waals surface area contributed by atoms with E-state index in [-0.39, 0.29) is 12.6 Å². The number of piperidine rings is 2. The molecule has 1 N–H and O–H groups in total. The molecule has 3 aromatic rings. The van der Waals surface area contributed by atoms with E-state index < -0.39 is 21.7 Å². The third-order valence-corrected chi connectivity index (χ3v) is 11.7. The van der Waals surface area contributed by atoms with Crippen LogP contribution in [-0.4, -0.2) is 106 Å². The fourth-order valence-corrected chi connectivity index (χ4v) is 8.46. The van der Waals surface area contributed by atoms with Crippen molar-refractivity contribution < 1.29 is 23.1 Å². The Kier molecular flexibility index (Phi) is 11.4. The normalized spacial score (nSPS) is 18.9. The molecule has 13 heteroatoms. The predicted octanol–water partition coefficient (Wildman–Crippen LogP) is 5.04. The zero-order valence-corrected chi connectivity index (χ0v) is 31.6. The first-order valence-corrected chi connectivity index (χ1v) is 20.1. The maximum Gasteiger partial charge on any atom is 0.410 e. The minimum absolute atomic E-state index is 0.210. The van der Waals surface area contributed by atoms with E-state index in [2.05, 4.69) is 21.7 Å². The number of halogens is 1. The van der Waals surface area contributed by atoms with Crippen LogP contribution in [-0.2, 0) is 34.3 Å². The molecule has 1 atom stereocenters. The van der Waals surface area contributed by atoms with Gasteiger partial charge in [0.15, 0.2) is 0 Å². The van der Waals surface area contributed by atoms with Gasteiger partial charge in [0.05, 0.1) is 29.6 Å². The number of rotatable bonds is 7. The van der Waals surface area contributed by atoms with E-state index in [1.54, 1.807) is 12.3 Å². The summed E-state index contributed by atoms with van der Waals surface area (Å²) < 4.78 is 34.1. The molecule has 274 valence electrons. The highest BCUT2D eigenvalue weighted by Gasteiger charge is 2.34. The number of aliphatic hydroxyl groups excluding tert-OH is 1.